The fourth-order valence-electron chi connectivity index (χ4n) is 2.73. The minimum absolute atomic E-state index is 0.301. The van der Waals surface area contributed by atoms with Crippen LogP contribution in [0.15, 0.2) is 17.5 Å². The number of rotatable bonds is 4. The smallest absolute Gasteiger partial charge is 0.360 e. The van der Waals surface area contributed by atoms with Crippen LogP contribution < -0.4 is 5.32 Å². The van der Waals surface area contributed by atoms with Crippen LogP contribution in [0, 0.1) is 0 Å². The third-order valence-corrected chi connectivity index (χ3v) is 4.62. The summed E-state index contributed by atoms with van der Waals surface area (Å²) in [5.74, 6) is -0.101. The Kier molecular flexibility index (Phi) is 4.31. The van der Waals surface area contributed by atoms with Gasteiger partial charge in [-0.3, -0.25) is 0 Å². The number of ether oxygens (including phenoxy) is 1. The summed E-state index contributed by atoms with van der Waals surface area (Å²) in [6, 6.07) is 4.08. The lowest BCUT2D eigenvalue weighted by atomic mass is 9.93. The van der Waals surface area contributed by atoms with Crippen LogP contribution in [-0.2, 0) is 11.3 Å². The molecule has 0 radical (unpaired) electrons. The van der Waals surface area contributed by atoms with Crippen LogP contribution in [-0.4, -0.2) is 41.2 Å². The summed E-state index contributed by atoms with van der Waals surface area (Å²) in [7, 11) is 1.38. The first kappa shape index (κ1) is 14.2. The number of methoxy groups -OCH3 is 1. The highest BCUT2D eigenvalue weighted by Crippen LogP contribution is 2.28. The normalized spacial score (nSPS) is 16.0. The highest BCUT2D eigenvalue weighted by molar-refractivity contribution is 7.09. The van der Waals surface area contributed by atoms with Gasteiger partial charge in [0.15, 0.2) is 5.69 Å². The summed E-state index contributed by atoms with van der Waals surface area (Å²) < 4.78 is 6.70. The number of piperidine rings is 1. The first-order valence-electron chi connectivity index (χ1n) is 7.04. The second kappa shape index (κ2) is 6.36. The van der Waals surface area contributed by atoms with E-state index in [0.717, 1.165) is 31.6 Å². The Morgan fingerprint density at radius 3 is 3.00 bits per heavy atom. The molecule has 0 aliphatic carbocycles. The van der Waals surface area contributed by atoms with Gasteiger partial charge in [-0.25, -0.2) is 9.48 Å². The quantitative estimate of drug-likeness (QED) is 0.870. The molecule has 1 saturated heterocycles. The molecule has 3 heterocycles. The molecular weight excluding hydrogens is 288 g/mol. The molecule has 2 aromatic heterocycles. The molecule has 1 N–H and O–H groups in total. The Morgan fingerprint density at radius 1 is 1.52 bits per heavy atom. The van der Waals surface area contributed by atoms with Gasteiger partial charge in [0, 0.05) is 10.8 Å². The van der Waals surface area contributed by atoms with E-state index in [2.05, 4.69) is 21.7 Å². The third kappa shape index (κ3) is 2.98. The van der Waals surface area contributed by atoms with Crippen molar-refractivity contribution in [3.63, 3.8) is 0 Å². The van der Waals surface area contributed by atoms with Crippen molar-refractivity contribution in [3.8, 4) is 0 Å². The Morgan fingerprint density at radius 2 is 2.33 bits per heavy atom. The lowest BCUT2D eigenvalue weighted by Gasteiger charge is -2.23. The van der Waals surface area contributed by atoms with Gasteiger partial charge in [0.05, 0.1) is 19.3 Å². The van der Waals surface area contributed by atoms with Gasteiger partial charge in [-0.2, -0.15) is 0 Å². The number of thiophene rings is 1. The summed E-state index contributed by atoms with van der Waals surface area (Å²) in [6.07, 6.45) is 1.98. The molecule has 0 atom stereocenters. The molecule has 0 unspecified atom stereocenters. The van der Waals surface area contributed by atoms with E-state index < -0.39 is 5.97 Å². The van der Waals surface area contributed by atoms with E-state index in [1.54, 1.807) is 11.3 Å². The molecule has 1 aliphatic rings. The fraction of sp³-hybridized carbons (Fsp3) is 0.500. The Labute approximate surface area is 127 Å². The van der Waals surface area contributed by atoms with E-state index >= 15 is 0 Å². The van der Waals surface area contributed by atoms with Crippen LogP contribution in [0.5, 0.6) is 0 Å². The largest absolute Gasteiger partial charge is 0.464 e. The van der Waals surface area contributed by atoms with Gasteiger partial charge in [0.25, 0.3) is 0 Å². The van der Waals surface area contributed by atoms with Crippen molar-refractivity contribution >= 4 is 17.3 Å². The number of esters is 1. The van der Waals surface area contributed by atoms with Gasteiger partial charge in [0.2, 0.25) is 0 Å². The second-order valence-electron chi connectivity index (χ2n) is 5.08. The van der Waals surface area contributed by atoms with Crippen LogP contribution >= 0.6 is 11.3 Å². The number of nitrogens with one attached hydrogen (secondary N) is 1. The van der Waals surface area contributed by atoms with Crippen LogP contribution in [0.2, 0.25) is 0 Å². The highest BCUT2D eigenvalue weighted by Gasteiger charge is 2.28. The SMILES string of the molecule is COC(=O)c1nnn(Cc2cccs2)c1C1CCNCC1. The molecule has 1 fully saturated rings. The number of aromatic nitrogens is 3. The monoisotopic (exact) mass is 306 g/mol. The third-order valence-electron chi connectivity index (χ3n) is 3.76. The van der Waals surface area contributed by atoms with Gasteiger partial charge in [-0.1, -0.05) is 11.3 Å². The van der Waals surface area contributed by atoms with E-state index in [0.29, 0.717) is 18.2 Å². The lowest BCUT2D eigenvalue weighted by molar-refractivity contribution is 0.0591. The zero-order valence-electron chi connectivity index (χ0n) is 11.9. The van der Waals surface area contributed by atoms with Crippen molar-refractivity contribution in [2.75, 3.05) is 20.2 Å². The van der Waals surface area contributed by atoms with Gasteiger partial charge < -0.3 is 10.1 Å². The summed E-state index contributed by atoms with van der Waals surface area (Å²) in [6.45, 7) is 2.56. The Hall–Kier alpha value is -1.73. The summed E-state index contributed by atoms with van der Waals surface area (Å²) in [5, 5.41) is 13.6. The Balaban J connectivity index is 1.94. The standard InChI is InChI=1S/C14H18N4O2S/c1-20-14(19)12-13(10-4-6-15-7-5-10)18(17-16-12)9-11-3-2-8-21-11/h2-3,8,10,15H,4-7,9H2,1H3. The molecule has 2 aromatic rings. The predicted molar refractivity (Wildman–Crippen MR) is 79.6 cm³/mol. The molecule has 0 bridgehead atoms. The summed E-state index contributed by atoms with van der Waals surface area (Å²) >= 11 is 1.68. The van der Waals surface area contributed by atoms with E-state index in [9.17, 15) is 4.79 Å². The van der Waals surface area contributed by atoms with Crippen LogP contribution in [0.4, 0.5) is 0 Å². The average Bonchev–Trinajstić information content (AvgIpc) is 3.17. The second-order valence-corrected chi connectivity index (χ2v) is 6.11. The number of hydrogen-bond donors (Lipinski definition) is 1. The Bertz CT molecular complexity index is 603. The van der Waals surface area contributed by atoms with E-state index in [4.69, 9.17) is 4.74 Å². The molecule has 0 saturated carbocycles. The number of carbonyl (C=O) groups is 1. The topological polar surface area (TPSA) is 69.0 Å². The van der Waals surface area contributed by atoms with E-state index in [1.165, 1.54) is 12.0 Å². The minimum Gasteiger partial charge on any atom is -0.464 e. The first-order valence-corrected chi connectivity index (χ1v) is 7.92. The minimum atomic E-state index is -0.402. The molecule has 7 heteroatoms. The number of carbonyl (C=O) groups excluding carboxylic acids is 1. The van der Waals surface area contributed by atoms with Gasteiger partial charge in [0.1, 0.15) is 0 Å². The predicted octanol–water partition coefficient (Wildman–Crippen LogP) is 1.64. The molecule has 0 aromatic carbocycles. The molecule has 112 valence electrons. The zero-order valence-corrected chi connectivity index (χ0v) is 12.7. The first-order chi connectivity index (χ1) is 10.3. The molecule has 3 rings (SSSR count). The molecular formula is C14H18N4O2S. The van der Waals surface area contributed by atoms with Crippen molar-refractivity contribution in [2.24, 2.45) is 0 Å². The van der Waals surface area contributed by atoms with Crippen molar-refractivity contribution < 1.29 is 9.53 Å². The average molecular weight is 306 g/mol. The molecule has 6 nitrogen and oxygen atoms in total. The zero-order chi connectivity index (χ0) is 14.7. The maximum absolute atomic E-state index is 11.9. The van der Waals surface area contributed by atoms with Crippen molar-refractivity contribution in [3.05, 3.63) is 33.8 Å². The fourth-order valence-corrected chi connectivity index (χ4v) is 3.41. The summed E-state index contributed by atoms with van der Waals surface area (Å²) in [4.78, 5) is 13.1. The number of nitrogens with zero attached hydrogens (tertiary/aromatic N) is 3. The van der Waals surface area contributed by atoms with Crippen molar-refractivity contribution in [1.82, 2.24) is 20.3 Å². The van der Waals surface area contributed by atoms with Gasteiger partial charge in [-0.15, -0.1) is 16.4 Å². The van der Waals surface area contributed by atoms with Gasteiger partial charge in [-0.05, 0) is 37.4 Å². The van der Waals surface area contributed by atoms with Gasteiger partial charge >= 0.3 is 5.97 Å². The lowest BCUT2D eigenvalue weighted by Crippen LogP contribution is -2.29. The van der Waals surface area contributed by atoms with E-state index in [-0.39, 0.29) is 0 Å². The van der Waals surface area contributed by atoms with Crippen LogP contribution in [0.1, 0.15) is 39.8 Å². The van der Waals surface area contributed by atoms with Crippen molar-refractivity contribution in [1.29, 1.82) is 0 Å². The highest BCUT2D eigenvalue weighted by atomic mass is 32.1. The molecule has 0 amide bonds. The van der Waals surface area contributed by atoms with Crippen LogP contribution in [0.3, 0.4) is 0 Å². The summed E-state index contributed by atoms with van der Waals surface area (Å²) in [5.41, 5.74) is 1.28. The van der Waals surface area contributed by atoms with Crippen LogP contribution in [0.25, 0.3) is 0 Å². The van der Waals surface area contributed by atoms with Crippen molar-refractivity contribution in [2.45, 2.75) is 25.3 Å². The molecule has 21 heavy (non-hydrogen) atoms. The molecule has 1 aliphatic heterocycles. The number of hydrogen-bond acceptors (Lipinski definition) is 6. The van der Waals surface area contributed by atoms with E-state index in [1.807, 2.05) is 16.1 Å². The maximum Gasteiger partial charge on any atom is 0.360 e. The maximum atomic E-state index is 11.9. The molecule has 0 spiro atoms.